The molecule has 1 aliphatic rings. The van der Waals surface area contributed by atoms with Gasteiger partial charge in [-0.05, 0) is 57.4 Å². The molecule has 0 aromatic carbocycles. The molecule has 1 atom stereocenters. The van der Waals surface area contributed by atoms with Crippen LogP contribution in [0.3, 0.4) is 0 Å². The van der Waals surface area contributed by atoms with Gasteiger partial charge in [-0.2, -0.15) is 0 Å². The van der Waals surface area contributed by atoms with Crippen molar-refractivity contribution >= 4 is 11.6 Å². The molecule has 3 aromatic rings. The molecule has 6 nitrogen and oxygen atoms in total. The highest BCUT2D eigenvalue weighted by atomic mass is 16.2. The number of piperidine rings is 1. The molecule has 0 saturated carbocycles. The van der Waals surface area contributed by atoms with Crippen LogP contribution >= 0.6 is 0 Å². The summed E-state index contributed by atoms with van der Waals surface area (Å²) in [4.78, 5) is 14.8. The molecule has 0 N–H and O–H groups in total. The Labute approximate surface area is 159 Å². The van der Waals surface area contributed by atoms with Crippen LogP contribution in [0.4, 0.5) is 0 Å². The van der Waals surface area contributed by atoms with E-state index in [0.717, 1.165) is 50.4 Å². The van der Waals surface area contributed by atoms with Crippen molar-refractivity contribution in [3.63, 3.8) is 0 Å². The van der Waals surface area contributed by atoms with Gasteiger partial charge in [0.1, 0.15) is 5.82 Å². The van der Waals surface area contributed by atoms with Gasteiger partial charge in [0.05, 0.1) is 0 Å². The molecule has 0 aliphatic carbocycles. The van der Waals surface area contributed by atoms with E-state index >= 15 is 0 Å². The van der Waals surface area contributed by atoms with Gasteiger partial charge < -0.3 is 9.47 Å². The van der Waals surface area contributed by atoms with Crippen LogP contribution in [0, 0.1) is 13.8 Å². The summed E-state index contributed by atoms with van der Waals surface area (Å²) in [6, 6.07) is 10.2. The average molecular weight is 365 g/mol. The summed E-state index contributed by atoms with van der Waals surface area (Å²) in [6.45, 7) is 6.74. The SMILES string of the molecule is Cc1ccc(C)n1CCCC(=O)N1CCCC(c2nnc3ccccn23)C1. The van der Waals surface area contributed by atoms with Crippen LogP contribution in [-0.2, 0) is 11.3 Å². The highest BCUT2D eigenvalue weighted by Gasteiger charge is 2.27. The third kappa shape index (κ3) is 3.61. The third-order valence-corrected chi connectivity index (χ3v) is 5.67. The molecule has 1 amide bonds. The van der Waals surface area contributed by atoms with E-state index in [1.807, 2.05) is 29.3 Å². The summed E-state index contributed by atoms with van der Waals surface area (Å²) < 4.78 is 4.34. The lowest BCUT2D eigenvalue weighted by molar-refractivity contribution is -0.132. The first-order valence-corrected chi connectivity index (χ1v) is 9.83. The van der Waals surface area contributed by atoms with Crippen LogP contribution in [0.2, 0.25) is 0 Å². The molecule has 6 heteroatoms. The second-order valence-electron chi connectivity index (χ2n) is 7.54. The van der Waals surface area contributed by atoms with Crippen molar-refractivity contribution in [3.8, 4) is 0 Å². The van der Waals surface area contributed by atoms with E-state index in [-0.39, 0.29) is 11.8 Å². The molecule has 1 saturated heterocycles. The zero-order valence-corrected chi connectivity index (χ0v) is 16.1. The number of fused-ring (bicyclic) bond motifs is 1. The smallest absolute Gasteiger partial charge is 0.222 e. The van der Waals surface area contributed by atoms with Crippen LogP contribution in [0.1, 0.15) is 48.8 Å². The molecule has 4 rings (SSSR count). The van der Waals surface area contributed by atoms with Gasteiger partial charge in [-0.25, -0.2) is 0 Å². The summed E-state index contributed by atoms with van der Waals surface area (Å²) in [6.07, 6.45) is 5.57. The van der Waals surface area contributed by atoms with E-state index in [1.165, 1.54) is 11.4 Å². The van der Waals surface area contributed by atoms with Gasteiger partial charge >= 0.3 is 0 Å². The van der Waals surface area contributed by atoms with Crippen LogP contribution in [0.15, 0.2) is 36.5 Å². The second-order valence-corrected chi connectivity index (χ2v) is 7.54. The Hall–Kier alpha value is -2.63. The topological polar surface area (TPSA) is 55.4 Å². The predicted molar refractivity (Wildman–Crippen MR) is 105 cm³/mol. The molecule has 3 aromatic heterocycles. The predicted octanol–water partition coefficient (Wildman–Crippen LogP) is 3.33. The Bertz CT molecular complexity index is 922. The minimum Gasteiger partial charge on any atom is -0.349 e. The molecule has 0 spiro atoms. The Balaban J connectivity index is 1.37. The minimum atomic E-state index is 0.258. The van der Waals surface area contributed by atoms with Gasteiger partial charge in [-0.1, -0.05) is 6.07 Å². The number of aromatic nitrogens is 4. The number of hydrogen-bond acceptors (Lipinski definition) is 3. The summed E-state index contributed by atoms with van der Waals surface area (Å²) in [7, 11) is 0. The minimum absolute atomic E-state index is 0.258. The van der Waals surface area contributed by atoms with Gasteiger partial charge in [0.2, 0.25) is 5.91 Å². The number of likely N-dealkylation sites (tertiary alicyclic amines) is 1. The first-order chi connectivity index (χ1) is 13.1. The van der Waals surface area contributed by atoms with Crippen molar-refractivity contribution < 1.29 is 4.79 Å². The molecular weight excluding hydrogens is 338 g/mol. The highest BCUT2D eigenvalue weighted by Crippen LogP contribution is 2.26. The van der Waals surface area contributed by atoms with Gasteiger partial charge in [0, 0.05) is 49.6 Å². The number of carbonyl (C=O) groups is 1. The van der Waals surface area contributed by atoms with Crippen LogP contribution < -0.4 is 0 Å². The van der Waals surface area contributed by atoms with E-state index in [2.05, 4.69) is 45.1 Å². The summed E-state index contributed by atoms with van der Waals surface area (Å²) >= 11 is 0. The number of hydrogen-bond donors (Lipinski definition) is 0. The average Bonchev–Trinajstić information content (AvgIpc) is 3.26. The van der Waals surface area contributed by atoms with Crippen molar-refractivity contribution in [1.29, 1.82) is 0 Å². The molecule has 1 unspecified atom stereocenters. The van der Waals surface area contributed by atoms with Crippen molar-refractivity contribution in [1.82, 2.24) is 24.1 Å². The molecule has 142 valence electrons. The number of amides is 1. The molecule has 0 radical (unpaired) electrons. The Morgan fingerprint density at radius 3 is 2.78 bits per heavy atom. The lowest BCUT2D eigenvalue weighted by Crippen LogP contribution is -2.39. The lowest BCUT2D eigenvalue weighted by atomic mass is 9.97. The molecular formula is C21H27N5O. The number of rotatable bonds is 5. The van der Waals surface area contributed by atoms with E-state index in [9.17, 15) is 4.79 Å². The fourth-order valence-electron chi connectivity index (χ4n) is 4.15. The van der Waals surface area contributed by atoms with Crippen molar-refractivity contribution in [3.05, 3.63) is 53.7 Å². The Kier molecular flexibility index (Phi) is 4.97. The summed E-state index contributed by atoms with van der Waals surface area (Å²) in [5, 5.41) is 8.66. The van der Waals surface area contributed by atoms with E-state index in [4.69, 9.17) is 0 Å². The zero-order chi connectivity index (χ0) is 18.8. The molecule has 1 aliphatic heterocycles. The second kappa shape index (κ2) is 7.55. The normalized spacial score (nSPS) is 17.6. The van der Waals surface area contributed by atoms with Crippen LogP contribution in [0.25, 0.3) is 5.65 Å². The van der Waals surface area contributed by atoms with Gasteiger partial charge in [-0.15, -0.1) is 10.2 Å². The number of carbonyl (C=O) groups excluding carboxylic acids is 1. The first-order valence-electron chi connectivity index (χ1n) is 9.83. The van der Waals surface area contributed by atoms with Crippen molar-refractivity contribution in [2.45, 2.75) is 52.0 Å². The first kappa shape index (κ1) is 17.8. The maximum Gasteiger partial charge on any atom is 0.222 e. The lowest BCUT2D eigenvalue weighted by Gasteiger charge is -2.32. The van der Waals surface area contributed by atoms with E-state index < -0.39 is 0 Å². The van der Waals surface area contributed by atoms with Gasteiger partial charge in [0.15, 0.2) is 5.65 Å². The van der Waals surface area contributed by atoms with Crippen LogP contribution in [0.5, 0.6) is 0 Å². The quantitative estimate of drug-likeness (QED) is 0.697. The highest BCUT2D eigenvalue weighted by molar-refractivity contribution is 5.76. The maximum atomic E-state index is 12.7. The fraction of sp³-hybridized carbons (Fsp3) is 0.476. The van der Waals surface area contributed by atoms with Crippen molar-refractivity contribution in [2.24, 2.45) is 0 Å². The summed E-state index contributed by atoms with van der Waals surface area (Å²) in [5.41, 5.74) is 3.39. The Morgan fingerprint density at radius 1 is 1.15 bits per heavy atom. The van der Waals surface area contributed by atoms with Gasteiger partial charge in [0.25, 0.3) is 0 Å². The van der Waals surface area contributed by atoms with Crippen LogP contribution in [-0.4, -0.2) is 43.1 Å². The maximum absolute atomic E-state index is 12.7. The number of pyridine rings is 1. The largest absolute Gasteiger partial charge is 0.349 e. The summed E-state index contributed by atoms with van der Waals surface area (Å²) in [5.74, 6) is 1.49. The van der Waals surface area contributed by atoms with Crippen molar-refractivity contribution in [2.75, 3.05) is 13.1 Å². The Morgan fingerprint density at radius 2 is 1.96 bits per heavy atom. The molecule has 1 fully saturated rings. The molecule has 27 heavy (non-hydrogen) atoms. The zero-order valence-electron chi connectivity index (χ0n) is 16.1. The standard InChI is InChI=1S/C21H27N5O/c1-16-10-11-17(2)25(16)14-6-9-20(27)24-12-5-7-18(15-24)21-23-22-19-8-3-4-13-26(19)21/h3-4,8,10-11,13,18H,5-7,9,12,14-15H2,1-2H3. The van der Waals surface area contributed by atoms with E-state index in [0.29, 0.717) is 6.42 Å². The van der Waals surface area contributed by atoms with Gasteiger partial charge in [-0.3, -0.25) is 9.20 Å². The number of aryl methyl sites for hydroxylation is 2. The molecule has 0 bridgehead atoms. The number of nitrogens with zero attached hydrogens (tertiary/aromatic N) is 5. The third-order valence-electron chi connectivity index (χ3n) is 5.67. The monoisotopic (exact) mass is 365 g/mol. The molecule has 4 heterocycles. The fourth-order valence-corrected chi connectivity index (χ4v) is 4.15. The van der Waals surface area contributed by atoms with E-state index in [1.54, 1.807) is 0 Å².